The molecule has 0 unspecified atom stereocenters. The lowest BCUT2D eigenvalue weighted by atomic mass is 10.1. The summed E-state index contributed by atoms with van der Waals surface area (Å²) in [6.07, 6.45) is 7.80. The number of hydrogen-bond donors (Lipinski definition) is 2. The maximum atomic E-state index is 5.58. The van der Waals surface area contributed by atoms with Crippen LogP contribution in [0.1, 0.15) is 51.0 Å². The molecular weight excluding hydrogens is 344 g/mol. The molecule has 1 aromatic rings. The minimum atomic E-state index is 0.270. The van der Waals surface area contributed by atoms with Gasteiger partial charge in [0.05, 0.1) is 11.8 Å². The number of ether oxygens (including phenoxy) is 1. The third kappa shape index (κ3) is 5.68. The molecule has 2 aliphatic rings. The van der Waals surface area contributed by atoms with E-state index in [0.717, 1.165) is 37.3 Å². The zero-order chi connectivity index (χ0) is 18.2. The lowest BCUT2D eigenvalue weighted by Gasteiger charge is -2.22. The van der Waals surface area contributed by atoms with E-state index >= 15 is 0 Å². The summed E-state index contributed by atoms with van der Waals surface area (Å²) in [4.78, 5) is 2.49. The molecule has 2 aliphatic heterocycles. The lowest BCUT2D eigenvalue weighted by molar-refractivity contribution is 0.114. The third-order valence-electron chi connectivity index (χ3n) is 5.10. The van der Waals surface area contributed by atoms with E-state index in [1.807, 2.05) is 6.92 Å². The van der Waals surface area contributed by atoms with Crippen molar-refractivity contribution in [2.24, 2.45) is 5.10 Å². The van der Waals surface area contributed by atoms with Crippen LogP contribution in [0.3, 0.4) is 0 Å². The molecule has 0 radical (unpaired) electrons. The van der Waals surface area contributed by atoms with Gasteiger partial charge in [0.2, 0.25) is 0 Å². The highest BCUT2D eigenvalue weighted by Crippen LogP contribution is 2.20. The molecule has 2 N–H and O–H groups in total. The van der Waals surface area contributed by atoms with Crippen LogP contribution in [0.4, 0.5) is 5.69 Å². The van der Waals surface area contributed by atoms with Crippen LogP contribution in [0.5, 0.6) is 0 Å². The van der Waals surface area contributed by atoms with Gasteiger partial charge in [0.15, 0.2) is 5.11 Å². The molecule has 0 amide bonds. The van der Waals surface area contributed by atoms with Gasteiger partial charge in [-0.2, -0.15) is 5.10 Å². The number of hydrazone groups is 1. The first-order valence-electron chi connectivity index (χ1n) is 9.77. The van der Waals surface area contributed by atoms with Crippen LogP contribution in [0.25, 0.3) is 0 Å². The van der Waals surface area contributed by atoms with E-state index in [2.05, 4.69) is 45.0 Å². The molecular formula is C20H30N4OS. The van der Waals surface area contributed by atoms with Gasteiger partial charge in [-0.1, -0.05) is 25.0 Å². The van der Waals surface area contributed by atoms with Crippen molar-refractivity contribution in [2.75, 3.05) is 31.1 Å². The first kappa shape index (κ1) is 19.1. The Balaban J connectivity index is 1.49. The van der Waals surface area contributed by atoms with Crippen LogP contribution in [0.15, 0.2) is 29.4 Å². The van der Waals surface area contributed by atoms with Crippen molar-refractivity contribution < 1.29 is 4.74 Å². The van der Waals surface area contributed by atoms with Gasteiger partial charge < -0.3 is 15.0 Å². The minimum Gasteiger partial charge on any atom is -0.376 e. The van der Waals surface area contributed by atoms with Crippen LogP contribution < -0.4 is 15.6 Å². The van der Waals surface area contributed by atoms with Gasteiger partial charge >= 0.3 is 0 Å². The maximum Gasteiger partial charge on any atom is 0.187 e. The lowest BCUT2D eigenvalue weighted by Crippen LogP contribution is -2.37. The Hall–Kier alpha value is -1.66. The number of benzene rings is 1. The Morgan fingerprint density at radius 1 is 1.15 bits per heavy atom. The molecule has 0 saturated carbocycles. The molecule has 0 aromatic heterocycles. The fourth-order valence-corrected chi connectivity index (χ4v) is 3.62. The monoisotopic (exact) mass is 374 g/mol. The Morgan fingerprint density at radius 2 is 1.88 bits per heavy atom. The number of hydrogen-bond acceptors (Lipinski definition) is 4. The smallest absolute Gasteiger partial charge is 0.187 e. The van der Waals surface area contributed by atoms with Crippen LogP contribution >= 0.6 is 12.2 Å². The summed E-state index contributed by atoms with van der Waals surface area (Å²) in [6.45, 7) is 5.93. The van der Waals surface area contributed by atoms with Gasteiger partial charge in [0.25, 0.3) is 0 Å². The third-order valence-corrected chi connectivity index (χ3v) is 5.33. The molecule has 2 fully saturated rings. The normalized spacial score (nSPS) is 21.3. The van der Waals surface area contributed by atoms with Crippen molar-refractivity contribution in [3.05, 3.63) is 29.8 Å². The summed E-state index contributed by atoms with van der Waals surface area (Å²) in [5.74, 6) is 0. The minimum absolute atomic E-state index is 0.270. The average molecular weight is 375 g/mol. The molecule has 5 nitrogen and oxygen atoms in total. The molecule has 2 heterocycles. The highest BCUT2D eigenvalue weighted by Gasteiger charge is 2.15. The van der Waals surface area contributed by atoms with Crippen molar-refractivity contribution in [1.82, 2.24) is 10.7 Å². The number of nitrogens with zero attached hydrogens (tertiary/aromatic N) is 2. The van der Waals surface area contributed by atoms with Crippen LogP contribution in [-0.2, 0) is 4.74 Å². The summed E-state index contributed by atoms with van der Waals surface area (Å²) in [5.41, 5.74) is 6.28. The van der Waals surface area contributed by atoms with Gasteiger partial charge in [-0.3, -0.25) is 5.43 Å². The summed E-state index contributed by atoms with van der Waals surface area (Å²) >= 11 is 5.28. The van der Waals surface area contributed by atoms with Crippen molar-refractivity contribution in [1.29, 1.82) is 0 Å². The second-order valence-electron chi connectivity index (χ2n) is 7.10. The molecule has 142 valence electrons. The molecule has 0 spiro atoms. The number of anilines is 1. The second-order valence-corrected chi connectivity index (χ2v) is 7.51. The van der Waals surface area contributed by atoms with Gasteiger partial charge in [-0.15, -0.1) is 0 Å². The van der Waals surface area contributed by atoms with E-state index in [1.54, 1.807) is 0 Å². The predicted molar refractivity (Wildman–Crippen MR) is 112 cm³/mol. The quantitative estimate of drug-likeness (QED) is 0.470. The highest BCUT2D eigenvalue weighted by atomic mass is 32.1. The first-order chi connectivity index (χ1) is 12.7. The van der Waals surface area contributed by atoms with Crippen LogP contribution in [0, 0.1) is 0 Å². The maximum absolute atomic E-state index is 5.58. The molecule has 0 aliphatic carbocycles. The largest absolute Gasteiger partial charge is 0.376 e. The number of nitrogens with one attached hydrogen (secondary N) is 2. The Bertz CT molecular complexity index is 603. The fourth-order valence-electron chi connectivity index (χ4n) is 3.49. The van der Waals surface area contributed by atoms with Gasteiger partial charge in [-0.25, -0.2) is 0 Å². The Kier molecular flexibility index (Phi) is 7.26. The van der Waals surface area contributed by atoms with Crippen molar-refractivity contribution in [3.63, 3.8) is 0 Å². The van der Waals surface area contributed by atoms with Crippen molar-refractivity contribution in [2.45, 2.75) is 51.6 Å². The molecule has 1 atom stereocenters. The van der Waals surface area contributed by atoms with Gasteiger partial charge in [-0.05, 0) is 62.5 Å². The zero-order valence-corrected chi connectivity index (χ0v) is 16.5. The van der Waals surface area contributed by atoms with E-state index in [4.69, 9.17) is 17.0 Å². The van der Waals surface area contributed by atoms with Crippen LogP contribution in [-0.4, -0.2) is 43.2 Å². The Labute approximate surface area is 162 Å². The molecule has 3 rings (SSSR count). The molecule has 2 saturated heterocycles. The summed E-state index contributed by atoms with van der Waals surface area (Å²) in [7, 11) is 0. The standard InChI is InChI=1S/C20H30N4OS/c1-16(22-23-20(26)21-15-19-7-6-14-25-19)17-8-10-18(11-9-17)24-12-4-2-3-5-13-24/h8-11,19H,2-7,12-15H2,1H3,(H2,21,23,26)/b22-16-/t19-/m0/s1. The van der Waals surface area contributed by atoms with Crippen LogP contribution in [0.2, 0.25) is 0 Å². The van der Waals surface area contributed by atoms with E-state index in [0.29, 0.717) is 5.11 Å². The van der Waals surface area contributed by atoms with E-state index in [-0.39, 0.29) is 6.10 Å². The summed E-state index contributed by atoms with van der Waals surface area (Å²) in [6, 6.07) is 8.69. The molecule has 1 aromatic carbocycles. The van der Waals surface area contributed by atoms with Gasteiger partial charge in [0, 0.05) is 31.9 Å². The SMILES string of the molecule is C/C(=N/NC(=S)NC[C@@H]1CCCO1)c1ccc(N2CCCCCC2)cc1. The Morgan fingerprint density at radius 3 is 2.54 bits per heavy atom. The van der Waals surface area contributed by atoms with E-state index in [9.17, 15) is 0 Å². The zero-order valence-electron chi connectivity index (χ0n) is 15.7. The second kappa shape index (κ2) is 9.88. The average Bonchev–Trinajstić information content (AvgIpc) is 3.05. The summed E-state index contributed by atoms with van der Waals surface area (Å²) < 4.78 is 5.58. The number of rotatable bonds is 5. The number of thiocarbonyl (C=S) groups is 1. The predicted octanol–water partition coefficient (Wildman–Crippen LogP) is 3.43. The molecule has 0 bridgehead atoms. The van der Waals surface area contributed by atoms with Crippen molar-refractivity contribution >= 4 is 28.7 Å². The topological polar surface area (TPSA) is 48.9 Å². The molecule has 6 heteroatoms. The summed E-state index contributed by atoms with van der Waals surface area (Å²) in [5, 5.41) is 8.12. The molecule has 26 heavy (non-hydrogen) atoms. The fraction of sp³-hybridized carbons (Fsp3) is 0.600. The first-order valence-corrected chi connectivity index (χ1v) is 10.2. The van der Waals surface area contributed by atoms with Gasteiger partial charge in [0.1, 0.15) is 0 Å². The van der Waals surface area contributed by atoms with Crippen molar-refractivity contribution in [3.8, 4) is 0 Å². The van der Waals surface area contributed by atoms with E-state index in [1.165, 1.54) is 44.5 Å². The highest BCUT2D eigenvalue weighted by molar-refractivity contribution is 7.80. The van der Waals surface area contributed by atoms with E-state index < -0.39 is 0 Å².